The summed E-state index contributed by atoms with van der Waals surface area (Å²) in [6, 6.07) is 7.80. The van der Waals surface area contributed by atoms with Crippen molar-refractivity contribution >= 4 is 27.4 Å². The van der Waals surface area contributed by atoms with Crippen molar-refractivity contribution in [1.29, 1.82) is 0 Å². The van der Waals surface area contributed by atoms with Gasteiger partial charge in [-0.25, -0.2) is 0 Å². The number of aliphatic imine (C=N–C) groups is 1. The van der Waals surface area contributed by atoms with Crippen molar-refractivity contribution < 1.29 is 4.79 Å². The van der Waals surface area contributed by atoms with Gasteiger partial charge in [-0.1, -0.05) is 28.1 Å². The van der Waals surface area contributed by atoms with Gasteiger partial charge < -0.3 is 0 Å². The molecule has 0 N–H and O–H groups in total. The first-order chi connectivity index (χ1) is 6.75. The molecule has 0 aliphatic carbocycles. The minimum atomic E-state index is 0.109. The van der Waals surface area contributed by atoms with Gasteiger partial charge >= 0.3 is 0 Å². The van der Waals surface area contributed by atoms with Gasteiger partial charge in [-0.15, -0.1) is 0 Å². The summed E-state index contributed by atoms with van der Waals surface area (Å²) < 4.78 is 1.03. The molecular formula is C11H8BrNO. The summed E-state index contributed by atoms with van der Waals surface area (Å²) in [6.45, 7) is 0. The van der Waals surface area contributed by atoms with E-state index in [4.69, 9.17) is 0 Å². The van der Waals surface area contributed by atoms with Crippen LogP contribution in [0, 0.1) is 0 Å². The molecule has 1 aromatic carbocycles. The van der Waals surface area contributed by atoms with Gasteiger partial charge in [0.05, 0.1) is 12.1 Å². The number of allylic oxidation sites excluding steroid dienone is 1. The lowest BCUT2D eigenvalue weighted by Crippen LogP contribution is -2.09. The molecule has 1 aliphatic rings. The summed E-state index contributed by atoms with van der Waals surface area (Å²) in [5.74, 6) is 0.109. The Kier molecular flexibility index (Phi) is 2.59. The summed E-state index contributed by atoms with van der Waals surface area (Å²) in [6.07, 6.45) is 3.46. The molecular weight excluding hydrogens is 242 g/mol. The lowest BCUT2D eigenvalue weighted by atomic mass is 10.0. The van der Waals surface area contributed by atoms with E-state index < -0.39 is 0 Å². The molecule has 0 unspecified atom stereocenters. The number of ketones is 1. The van der Waals surface area contributed by atoms with E-state index in [1.54, 1.807) is 6.20 Å². The second-order valence-corrected chi connectivity index (χ2v) is 3.96. The molecule has 0 fully saturated rings. The predicted molar refractivity (Wildman–Crippen MR) is 59.4 cm³/mol. The Balaban J connectivity index is 2.31. The molecule has 0 saturated carbocycles. The van der Waals surface area contributed by atoms with E-state index in [2.05, 4.69) is 20.9 Å². The molecule has 70 valence electrons. The second kappa shape index (κ2) is 3.88. The Morgan fingerprint density at radius 3 is 2.57 bits per heavy atom. The van der Waals surface area contributed by atoms with Crippen molar-refractivity contribution in [1.82, 2.24) is 0 Å². The fraction of sp³-hybridized carbons (Fsp3) is 0.0909. The summed E-state index contributed by atoms with van der Waals surface area (Å²) in [5, 5.41) is 0. The topological polar surface area (TPSA) is 29.4 Å². The fourth-order valence-electron chi connectivity index (χ4n) is 1.30. The maximum Gasteiger partial charge on any atom is 0.163 e. The van der Waals surface area contributed by atoms with E-state index >= 15 is 0 Å². The van der Waals surface area contributed by atoms with Crippen molar-refractivity contribution in [2.24, 2.45) is 4.99 Å². The van der Waals surface area contributed by atoms with Gasteiger partial charge in [-0.2, -0.15) is 0 Å². The van der Waals surface area contributed by atoms with Crippen molar-refractivity contribution in [2.75, 3.05) is 0 Å². The number of carbonyl (C=O) groups excluding carboxylic acids is 1. The third-order valence-corrected chi connectivity index (χ3v) is 2.54. The molecule has 14 heavy (non-hydrogen) atoms. The number of benzene rings is 1. The van der Waals surface area contributed by atoms with Crippen LogP contribution in [0.4, 0.5) is 0 Å². The zero-order valence-corrected chi connectivity index (χ0v) is 8.99. The molecule has 0 atom stereocenters. The van der Waals surface area contributed by atoms with Crippen LogP contribution < -0.4 is 0 Å². The molecule has 1 aromatic rings. The maximum absolute atomic E-state index is 11.1. The third-order valence-electron chi connectivity index (χ3n) is 2.01. The van der Waals surface area contributed by atoms with Crippen LogP contribution in [0.3, 0.4) is 0 Å². The molecule has 3 heteroatoms. The molecule has 0 spiro atoms. The van der Waals surface area contributed by atoms with E-state index in [0.717, 1.165) is 15.7 Å². The van der Waals surface area contributed by atoms with Gasteiger partial charge in [0, 0.05) is 10.7 Å². The number of hydrogen-bond donors (Lipinski definition) is 0. The highest BCUT2D eigenvalue weighted by Gasteiger charge is 2.10. The van der Waals surface area contributed by atoms with Crippen molar-refractivity contribution in [3.8, 4) is 0 Å². The van der Waals surface area contributed by atoms with Crippen LogP contribution in [0.5, 0.6) is 0 Å². The normalized spacial score (nSPS) is 15.5. The zero-order chi connectivity index (χ0) is 9.97. The Hall–Kier alpha value is -1.22. The Bertz CT molecular complexity index is 417. The Morgan fingerprint density at radius 2 is 1.93 bits per heavy atom. The predicted octanol–water partition coefficient (Wildman–Crippen LogP) is 2.72. The average molecular weight is 250 g/mol. The van der Waals surface area contributed by atoms with Gasteiger partial charge in [0.15, 0.2) is 5.78 Å². The Labute approximate surface area is 90.5 Å². The first-order valence-electron chi connectivity index (χ1n) is 4.28. The van der Waals surface area contributed by atoms with Crippen LogP contribution in [-0.4, -0.2) is 11.5 Å². The highest BCUT2D eigenvalue weighted by Crippen LogP contribution is 2.14. The van der Waals surface area contributed by atoms with Crippen LogP contribution in [0.15, 0.2) is 46.0 Å². The van der Waals surface area contributed by atoms with Gasteiger partial charge in [0.1, 0.15) is 0 Å². The molecule has 1 aliphatic heterocycles. The first kappa shape index (κ1) is 9.34. The lowest BCUT2D eigenvalue weighted by Gasteiger charge is -2.06. The molecule has 0 bridgehead atoms. The second-order valence-electron chi connectivity index (χ2n) is 3.04. The number of carbonyl (C=O) groups is 1. The SMILES string of the molecule is O=C1C=CN=C(c2ccc(Br)cc2)C1. The minimum Gasteiger partial charge on any atom is -0.294 e. The average Bonchev–Trinajstić information content (AvgIpc) is 2.19. The molecule has 0 amide bonds. The monoisotopic (exact) mass is 249 g/mol. The smallest absolute Gasteiger partial charge is 0.163 e. The highest BCUT2D eigenvalue weighted by atomic mass is 79.9. The highest BCUT2D eigenvalue weighted by molar-refractivity contribution is 9.10. The van der Waals surface area contributed by atoms with E-state index in [1.165, 1.54) is 6.08 Å². The van der Waals surface area contributed by atoms with Crippen LogP contribution in [0.1, 0.15) is 12.0 Å². The number of rotatable bonds is 1. The Morgan fingerprint density at radius 1 is 1.21 bits per heavy atom. The zero-order valence-electron chi connectivity index (χ0n) is 7.40. The molecule has 2 nitrogen and oxygen atoms in total. The van der Waals surface area contributed by atoms with E-state index in [9.17, 15) is 4.79 Å². The summed E-state index contributed by atoms with van der Waals surface area (Å²) in [5.41, 5.74) is 1.84. The molecule has 1 heterocycles. The molecule has 0 saturated heterocycles. The van der Waals surface area contributed by atoms with Crippen molar-refractivity contribution in [3.63, 3.8) is 0 Å². The van der Waals surface area contributed by atoms with Crippen molar-refractivity contribution in [2.45, 2.75) is 6.42 Å². The van der Waals surface area contributed by atoms with Crippen molar-refractivity contribution in [3.05, 3.63) is 46.6 Å². The van der Waals surface area contributed by atoms with Crippen LogP contribution >= 0.6 is 15.9 Å². The molecule has 0 aromatic heterocycles. The number of halogens is 1. The maximum atomic E-state index is 11.1. The lowest BCUT2D eigenvalue weighted by molar-refractivity contribution is -0.113. The summed E-state index contributed by atoms with van der Waals surface area (Å²) >= 11 is 3.36. The quantitative estimate of drug-likeness (QED) is 0.753. The van der Waals surface area contributed by atoms with E-state index in [-0.39, 0.29) is 5.78 Å². The molecule has 0 radical (unpaired) electrons. The van der Waals surface area contributed by atoms with Crippen LogP contribution in [0.25, 0.3) is 0 Å². The van der Waals surface area contributed by atoms with Gasteiger partial charge in [-0.3, -0.25) is 9.79 Å². The van der Waals surface area contributed by atoms with Gasteiger partial charge in [0.25, 0.3) is 0 Å². The van der Waals surface area contributed by atoms with Gasteiger partial charge in [0.2, 0.25) is 0 Å². The van der Waals surface area contributed by atoms with E-state index in [0.29, 0.717) is 6.42 Å². The van der Waals surface area contributed by atoms with E-state index in [1.807, 2.05) is 24.3 Å². The first-order valence-corrected chi connectivity index (χ1v) is 5.07. The summed E-state index contributed by atoms with van der Waals surface area (Å²) in [7, 11) is 0. The number of hydrogen-bond acceptors (Lipinski definition) is 2. The van der Waals surface area contributed by atoms with Crippen LogP contribution in [0.2, 0.25) is 0 Å². The number of nitrogens with zero attached hydrogens (tertiary/aromatic N) is 1. The molecule has 2 rings (SSSR count). The van der Waals surface area contributed by atoms with Gasteiger partial charge in [-0.05, 0) is 23.8 Å². The summed E-state index contributed by atoms with van der Waals surface area (Å²) in [4.78, 5) is 15.3. The third kappa shape index (κ3) is 1.99. The standard InChI is InChI=1S/C11H8BrNO/c12-9-3-1-8(2-4-9)11-7-10(14)5-6-13-11/h1-6H,7H2. The largest absolute Gasteiger partial charge is 0.294 e. The minimum absolute atomic E-state index is 0.109. The van der Waals surface area contributed by atoms with Crippen LogP contribution in [-0.2, 0) is 4.79 Å². The fourth-order valence-corrected chi connectivity index (χ4v) is 1.56.